The highest BCUT2D eigenvalue weighted by molar-refractivity contribution is 5.84. The maximum absolute atomic E-state index is 12.1. The second-order valence-electron chi connectivity index (χ2n) is 5.37. The molecule has 1 aliphatic rings. The van der Waals surface area contributed by atoms with Gasteiger partial charge in [-0.3, -0.25) is 4.79 Å². The fourth-order valence-electron chi connectivity index (χ4n) is 2.58. The van der Waals surface area contributed by atoms with E-state index in [2.05, 4.69) is 0 Å². The highest BCUT2D eigenvalue weighted by atomic mass is 16.5. The van der Waals surface area contributed by atoms with Gasteiger partial charge in [-0.25, -0.2) is 4.79 Å². The van der Waals surface area contributed by atoms with Crippen molar-refractivity contribution in [2.75, 3.05) is 19.8 Å². The van der Waals surface area contributed by atoms with Crippen molar-refractivity contribution in [2.45, 2.75) is 46.1 Å². The summed E-state index contributed by atoms with van der Waals surface area (Å²) in [5.41, 5.74) is -0.370. The van der Waals surface area contributed by atoms with Gasteiger partial charge in [0, 0.05) is 13.2 Å². The molecular weight excluding hydrogens is 234 g/mol. The zero-order valence-electron chi connectivity index (χ0n) is 11.4. The first-order valence-electron chi connectivity index (χ1n) is 6.50. The minimum atomic E-state index is -0.913. The van der Waals surface area contributed by atoms with E-state index in [1.54, 1.807) is 0 Å². The Balaban J connectivity index is 2.72. The molecule has 0 aliphatic carbocycles. The summed E-state index contributed by atoms with van der Waals surface area (Å²) in [6, 6.07) is -0.722. The molecule has 1 atom stereocenters. The van der Waals surface area contributed by atoms with Crippen LogP contribution in [0, 0.1) is 5.41 Å². The lowest BCUT2D eigenvalue weighted by molar-refractivity contribution is -0.159. The van der Waals surface area contributed by atoms with Gasteiger partial charge in [-0.15, -0.1) is 0 Å². The fraction of sp³-hybridized carbons (Fsp3) is 0.846. The normalized spacial score (nSPS) is 22.8. The third-order valence-corrected chi connectivity index (χ3v) is 3.49. The molecule has 1 N–H and O–H groups in total. The lowest BCUT2D eigenvalue weighted by atomic mass is 9.76. The number of carbonyl (C=O) groups is 2. The molecule has 104 valence electrons. The first kappa shape index (κ1) is 15.0. The Kier molecular flexibility index (Phi) is 5.14. The second kappa shape index (κ2) is 6.18. The number of carboxylic acids is 1. The molecule has 18 heavy (non-hydrogen) atoms. The predicted molar refractivity (Wildman–Crippen MR) is 67.3 cm³/mol. The fourth-order valence-corrected chi connectivity index (χ4v) is 2.58. The van der Waals surface area contributed by atoms with E-state index >= 15 is 0 Å². The van der Waals surface area contributed by atoms with Gasteiger partial charge in [0.25, 0.3) is 0 Å². The summed E-state index contributed by atoms with van der Waals surface area (Å²) in [4.78, 5) is 25.0. The van der Waals surface area contributed by atoms with Crippen LogP contribution in [0.5, 0.6) is 0 Å². The molecule has 1 heterocycles. The van der Waals surface area contributed by atoms with Crippen LogP contribution in [-0.2, 0) is 14.3 Å². The van der Waals surface area contributed by atoms with Crippen LogP contribution in [-0.4, -0.2) is 47.7 Å². The Morgan fingerprint density at radius 3 is 2.67 bits per heavy atom. The Morgan fingerprint density at radius 2 is 2.11 bits per heavy atom. The lowest BCUT2D eigenvalue weighted by Gasteiger charge is -2.44. The molecule has 0 aromatic rings. The molecule has 0 spiro atoms. The highest BCUT2D eigenvalue weighted by Gasteiger charge is 2.44. The van der Waals surface area contributed by atoms with E-state index in [1.807, 2.05) is 20.8 Å². The number of rotatable bonds is 5. The first-order chi connectivity index (χ1) is 8.40. The van der Waals surface area contributed by atoms with Crippen molar-refractivity contribution in [2.24, 2.45) is 5.41 Å². The molecule has 1 unspecified atom stereocenters. The molecule has 0 aromatic heterocycles. The molecule has 1 rings (SSSR count). The second-order valence-corrected chi connectivity index (χ2v) is 5.37. The highest BCUT2D eigenvalue weighted by Crippen LogP contribution is 2.35. The van der Waals surface area contributed by atoms with E-state index in [9.17, 15) is 14.7 Å². The number of aliphatic carboxylic acids is 1. The van der Waals surface area contributed by atoms with Crippen molar-refractivity contribution in [3.63, 3.8) is 0 Å². The van der Waals surface area contributed by atoms with E-state index in [0.717, 1.165) is 12.8 Å². The predicted octanol–water partition coefficient (Wildman–Crippen LogP) is 1.51. The molecular formula is C13H23NO4. The SMILES string of the molecule is CCOCCC(=O)N1CCCC(C)(C)C1C(=O)O. The molecule has 1 fully saturated rings. The van der Waals surface area contributed by atoms with Gasteiger partial charge in [0.05, 0.1) is 13.0 Å². The molecule has 5 nitrogen and oxygen atoms in total. The van der Waals surface area contributed by atoms with Gasteiger partial charge >= 0.3 is 5.97 Å². The number of nitrogens with zero attached hydrogens (tertiary/aromatic N) is 1. The first-order valence-corrected chi connectivity index (χ1v) is 6.50. The maximum Gasteiger partial charge on any atom is 0.326 e. The van der Waals surface area contributed by atoms with Crippen LogP contribution in [0.3, 0.4) is 0 Å². The largest absolute Gasteiger partial charge is 0.480 e. The Labute approximate surface area is 108 Å². The third kappa shape index (κ3) is 3.45. The van der Waals surface area contributed by atoms with Crippen molar-refractivity contribution >= 4 is 11.9 Å². The number of hydrogen-bond donors (Lipinski definition) is 1. The minimum Gasteiger partial charge on any atom is -0.480 e. The number of likely N-dealkylation sites (tertiary alicyclic amines) is 1. The standard InChI is InChI=1S/C13H23NO4/c1-4-18-9-6-10(15)14-8-5-7-13(2,3)11(14)12(16)17/h11H,4-9H2,1-3H3,(H,16,17). The average Bonchev–Trinajstić information content (AvgIpc) is 2.26. The molecule has 0 radical (unpaired) electrons. The third-order valence-electron chi connectivity index (χ3n) is 3.49. The summed E-state index contributed by atoms with van der Waals surface area (Å²) >= 11 is 0. The van der Waals surface area contributed by atoms with E-state index in [1.165, 1.54) is 4.90 Å². The van der Waals surface area contributed by atoms with Gasteiger partial charge in [-0.05, 0) is 25.2 Å². The van der Waals surface area contributed by atoms with Crippen LogP contribution in [0.4, 0.5) is 0 Å². The molecule has 1 saturated heterocycles. The van der Waals surface area contributed by atoms with E-state index < -0.39 is 12.0 Å². The molecule has 1 amide bonds. The quantitative estimate of drug-likeness (QED) is 0.758. The summed E-state index contributed by atoms with van der Waals surface area (Å²) in [6.45, 7) is 7.15. The van der Waals surface area contributed by atoms with Crippen LogP contribution in [0.25, 0.3) is 0 Å². The van der Waals surface area contributed by atoms with Gasteiger partial charge in [0.2, 0.25) is 5.91 Å². The van der Waals surface area contributed by atoms with E-state index in [-0.39, 0.29) is 17.7 Å². The summed E-state index contributed by atoms with van der Waals surface area (Å²) in [5, 5.41) is 9.34. The molecule has 5 heteroatoms. The van der Waals surface area contributed by atoms with Crippen molar-refractivity contribution in [3.05, 3.63) is 0 Å². The van der Waals surface area contributed by atoms with Gasteiger partial charge in [0.1, 0.15) is 6.04 Å². The van der Waals surface area contributed by atoms with Crippen molar-refractivity contribution in [1.29, 1.82) is 0 Å². The zero-order valence-corrected chi connectivity index (χ0v) is 11.4. The Morgan fingerprint density at radius 1 is 1.44 bits per heavy atom. The number of piperidine rings is 1. The van der Waals surface area contributed by atoms with Crippen LogP contribution >= 0.6 is 0 Å². The number of carboxylic acid groups (broad SMARTS) is 1. The number of hydrogen-bond acceptors (Lipinski definition) is 3. The minimum absolute atomic E-state index is 0.122. The zero-order chi connectivity index (χ0) is 13.8. The summed E-state index contributed by atoms with van der Waals surface area (Å²) < 4.78 is 5.15. The lowest BCUT2D eigenvalue weighted by Crippen LogP contribution is -2.56. The Hall–Kier alpha value is -1.10. The monoisotopic (exact) mass is 257 g/mol. The number of amides is 1. The van der Waals surface area contributed by atoms with Crippen molar-refractivity contribution in [3.8, 4) is 0 Å². The number of carbonyl (C=O) groups excluding carboxylic acids is 1. The van der Waals surface area contributed by atoms with Crippen LogP contribution < -0.4 is 0 Å². The molecule has 0 bridgehead atoms. The van der Waals surface area contributed by atoms with E-state index in [4.69, 9.17) is 4.74 Å². The van der Waals surface area contributed by atoms with Crippen molar-refractivity contribution < 1.29 is 19.4 Å². The van der Waals surface area contributed by atoms with Crippen LogP contribution in [0.1, 0.15) is 40.0 Å². The van der Waals surface area contributed by atoms with E-state index in [0.29, 0.717) is 19.8 Å². The topological polar surface area (TPSA) is 66.8 Å². The molecule has 0 aromatic carbocycles. The van der Waals surface area contributed by atoms with Gasteiger partial charge in [-0.2, -0.15) is 0 Å². The summed E-state index contributed by atoms with van der Waals surface area (Å²) in [7, 11) is 0. The molecule has 0 saturated carbocycles. The maximum atomic E-state index is 12.1. The smallest absolute Gasteiger partial charge is 0.326 e. The van der Waals surface area contributed by atoms with Gasteiger partial charge in [0.15, 0.2) is 0 Å². The molecule has 1 aliphatic heterocycles. The summed E-state index contributed by atoms with van der Waals surface area (Å²) in [6.07, 6.45) is 1.95. The summed E-state index contributed by atoms with van der Waals surface area (Å²) in [5.74, 6) is -1.03. The van der Waals surface area contributed by atoms with Crippen LogP contribution in [0.2, 0.25) is 0 Å². The van der Waals surface area contributed by atoms with Gasteiger partial charge in [-0.1, -0.05) is 13.8 Å². The average molecular weight is 257 g/mol. The van der Waals surface area contributed by atoms with Crippen LogP contribution in [0.15, 0.2) is 0 Å². The number of ether oxygens (including phenoxy) is 1. The van der Waals surface area contributed by atoms with Crippen molar-refractivity contribution in [1.82, 2.24) is 4.90 Å². The Bertz CT molecular complexity index is 314. The van der Waals surface area contributed by atoms with Gasteiger partial charge < -0.3 is 14.7 Å².